The van der Waals surface area contributed by atoms with Crippen LogP contribution in [0.15, 0.2) is 18.2 Å². The van der Waals surface area contributed by atoms with Gasteiger partial charge in [-0.05, 0) is 45.0 Å². The highest BCUT2D eigenvalue weighted by molar-refractivity contribution is 6.30. The second-order valence-electron chi connectivity index (χ2n) is 4.91. The van der Waals surface area contributed by atoms with Crippen LogP contribution in [0.2, 0.25) is 5.02 Å². The third-order valence-corrected chi connectivity index (χ3v) is 3.92. The lowest BCUT2D eigenvalue weighted by Gasteiger charge is -2.26. The van der Waals surface area contributed by atoms with Crippen molar-refractivity contribution in [2.24, 2.45) is 0 Å². The molecule has 1 atom stereocenters. The highest BCUT2D eigenvalue weighted by Gasteiger charge is 2.24. The fraction of sp³-hybridized carbons (Fsp3) is 0.600. The van der Waals surface area contributed by atoms with E-state index in [0.29, 0.717) is 24.5 Å². The Labute approximate surface area is 120 Å². The average molecular weight is 286 g/mol. The Morgan fingerprint density at radius 3 is 2.53 bits per heavy atom. The van der Waals surface area contributed by atoms with Crippen LogP contribution < -0.4 is 10.1 Å². The van der Waals surface area contributed by atoms with Gasteiger partial charge in [0.15, 0.2) is 0 Å². The van der Waals surface area contributed by atoms with Gasteiger partial charge in [-0.1, -0.05) is 25.4 Å². The fourth-order valence-electron chi connectivity index (χ4n) is 1.81. The summed E-state index contributed by atoms with van der Waals surface area (Å²) >= 11 is 6.03. The highest BCUT2D eigenvalue weighted by atomic mass is 35.5. The van der Waals surface area contributed by atoms with Crippen LogP contribution >= 0.6 is 11.6 Å². The summed E-state index contributed by atoms with van der Waals surface area (Å²) in [7, 11) is 1.89. The molecule has 0 aromatic heterocycles. The largest absolute Gasteiger partial charge is 0.490 e. The Morgan fingerprint density at radius 2 is 2.00 bits per heavy atom. The molecule has 1 aromatic rings. The van der Waals surface area contributed by atoms with E-state index in [9.17, 15) is 5.11 Å². The van der Waals surface area contributed by atoms with E-state index in [2.05, 4.69) is 5.32 Å². The average Bonchev–Trinajstić information content (AvgIpc) is 2.44. The van der Waals surface area contributed by atoms with Crippen LogP contribution in [0.3, 0.4) is 0 Å². The van der Waals surface area contributed by atoms with E-state index in [0.717, 1.165) is 11.3 Å². The SMILES string of the molecule is CCC(O)(CC)COc1ccc(Cl)cc1C(C)NC. The number of nitrogens with one attached hydrogen (secondary N) is 1. The van der Waals surface area contributed by atoms with E-state index >= 15 is 0 Å². The van der Waals surface area contributed by atoms with Gasteiger partial charge in [0.05, 0.1) is 5.60 Å². The molecular formula is C15H24ClNO2. The lowest BCUT2D eigenvalue weighted by molar-refractivity contribution is -0.0117. The summed E-state index contributed by atoms with van der Waals surface area (Å²) in [5.74, 6) is 0.770. The molecule has 2 N–H and O–H groups in total. The van der Waals surface area contributed by atoms with Crippen molar-refractivity contribution < 1.29 is 9.84 Å². The topological polar surface area (TPSA) is 41.5 Å². The van der Waals surface area contributed by atoms with Crippen LogP contribution in [0.5, 0.6) is 5.75 Å². The number of rotatable bonds is 7. The van der Waals surface area contributed by atoms with Crippen molar-refractivity contribution in [3.8, 4) is 5.75 Å². The Bertz CT molecular complexity index is 405. The van der Waals surface area contributed by atoms with Crippen molar-refractivity contribution >= 4 is 11.6 Å². The van der Waals surface area contributed by atoms with Crippen LogP contribution in [0.4, 0.5) is 0 Å². The van der Waals surface area contributed by atoms with Gasteiger partial charge in [0.2, 0.25) is 0 Å². The molecule has 0 aliphatic heterocycles. The van der Waals surface area contributed by atoms with Crippen molar-refractivity contribution in [2.75, 3.05) is 13.7 Å². The third kappa shape index (κ3) is 4.37. The minimum absolute atomic E-state index is 0.144. The molecule has 3 nitrogen and oxygen atoms in total. The maximum absolute atomic E-state index is 10.3. The van der Waals surface area contributed by atoms with Gasteiger partial charge in [-0.3, -0.25) is 0 Å². The van der Waals surface area contributed by atoms with Crippen molar-refractivity contribution in [3.63, 3.8) is 0 Å². The molecule has 1 rings (SSSR count). The first-order chi connectivity index (χ1) is 8.95. The summed E-state index contributed by atoms with van der Waals surface area (Å²) in [4.78, 5) is 0. The molecular weight excluding hydrogens is 262 g/mol. The summed E-state index contributed by atoms with van der Waals surface area (Å²) in [5, 5.41) is 14.1. The molecule has 19 heavy (non-hydrogen) atoms. The predicted molar refractivity (Wildman–Crippen MR) is 80.0 cm³/mol. The van der Waals surface area contributed by atoms with Crippen LogP contribution in [0.25, 0.3) is 0 Å². The summed E-state index contributed by atoms with van der Waals surface area (Å²) in [6.45, 7) is 6.27. The zero-order valence-corrected chi connectivity index (χ0v) is 12.9. The van der Waals surface area contributed by atoms with Gasteiger partial charge < -0.3 is 15.2 Å². The summed E-state index contributed by atoms with van der Waals surface area (Å²) in [6, 6.07) is 5.71. The third-order valence-electron chi connectivity index (χ3n) is 3.68. The zero-order chi connectivity index (χ0) is 14.5. The molecule has 0 fully saturated rings. The first-order valence-corrected chi connectivity index (χ1v) is 7.15. The van der Waals surface area contributed by atoms with E-state index in [1.54, 1.807) is 6.07 Å². The second-order valence-corrected chi connectivity index (χ2v) is 5.35. The molecule has 108 valence electrons. The number of halogens is 1. The standard InChI is InChI=1S/C15H24ClNO2/c1-5-15(18,6-2)10-19-14-8-7-12(16)9-13(14)11(3)17-4/h7-9,11,17-18H,5-6,10H2,1-4H3. The minimum atomic E-state index is -0.764. The van der Waals surface area contributed by atoms with E-state index in [4.69, 9.17) is 16.3 Å². The fourth-order valence-corrected chi connectivity index (χ4v) is 1.99. The smallest absolute Gasteiger partial charge is 0.124 e. The van der Waals surface area contributed by atoms with Crippen molar-refractivity contribution in [3.05, 3.63) is 28.8 Å². The molecule has 0 saturated heterocycles. The van der Waals surface area contributed by atoms with E-state index in [1.165, 1.54) is 0 Å². The molecule has 0 radical (unpaired) electrons. The van der Waals surface area contributed by atoms with E-state index in [1.807, 2.05) is 40.0 Å². The van der Waals surface area contributed by atoms with Crippen molar-refractivity contribution in [1.82, 2.24) is 5.32 Å². The zero-order valence-electron chi connectivity index (χ0n) is 12.2. The lowest BCUT2D eigenvalue weighted by atomic mass is 9.99. The monoisotopic (exact) mass is 285 g/mol. The normalized spacial score (nSPS) is 13.4. The Kier molecular flexibility index (Phi) is 6.11. The summed E-state index contributed by atoms with van der Waals surface area (Å²) in [6.07, 6.45) is 1.35. The molecule has 0 aliphatic carbocycles. The Balaban J connectivity index is 2.89. The predicted octanol–water partition coefficient (Wildman–Crippen LogP) is 3.55. The molecule has 0 aliphatic rings. The lowest BCUT2D eigenvalue weighted by Crippen LogP contribution is -2.34. The maximum Gasteiger partial charge on any atom is 0.124 e. The van der Waals surface area contributed by atoms with Crippen molar-refractivity contribution in [2.45, 2.75) is 45.3 Å². The molecule has 0 heterocycles. The van der Waals surface area contributed by atoms with Gasteiger partial charge in [-0.2, -0.15) is 0 Å². The highest BCUT2D eigenvalue weighted by Crippen LogP contribution is 2.29. The number of hydrogen-bond donors (Lipinski definition) is 2. The van der Waals surface area contributed by atoms with Gasteiger partial charge in [-0.15, -0.1) is 0 Å². The number of hydrogen-bond acceptors (Lipinski definition) is 3. The number of ether oxygens (including phenoxy) is 1. The van der Waals surface area contributed by atoms with Gasteiger partial charge >= 0.3 is 0 Å². The first-order valence-electron chi connectivity index (χ1n) is 6.77. The van der Waals surface area contributed by atoms with Crippen LogP contribution in [-0.2, 0) is 0 Å². The summed E-state index contributed by atoms with van der Waals surface area (Å²) < 4.78 is 5.81. The molecule has 0 saturated carbocycles. The Hall–Kier alpha value is -0.770. The van der Waals surface area contributed by atoms with Crippen LogP contribution in [0.1, 0.15) is 45.2 Å². The summed E-state index contributed by atoms with van der Waals surface area (Å²) in [5.41, 5.74) is 0.240. The molecule has 4 heteroatoms. The molecule has 1 aromatic carbocycles. The maximum atomic E-state index is 10.3. The van der Waals surface area contributed by atoms with Gasteiger partial charge in [-0.25, -0.2) is 0 Å². The van der Waals surface area contributed by atoms with Gasteiger partial charge in [0.25, 0.3) is 0 Å². The first kappa shape index (κ1) is 16.3. The van der Waals surface area contributed by atoms with Crippen LogP contribution in [-0.4, -0.2) is 24.4 Å². The van der Waals surface area contributed by atoms with E-state index < -0.39 is 5.60 Å². The van der Waals surface area contributed by atoms with Gasteiger partial charge in [0.1, 0.15) is 12.4 Å². The minimum Gasteiger partial charge on any atom is -0.490 e. The quantitative estimate of drug-likeness (QED) is 0.805. The molecule has 1 unspecified atom stereocenters. The van der Waals surface area contributed by atoms with Gasteiger partial charge in [0, 0.05) is 16.6 Å². The number of benzene rings is 1. The molecule has 0 amide bonds. The molecule has 0 bridgehead atoms. The Morgan fingerprint density at radius 1 is 1.37 bits per heavy atom. The van der Waals surface area contributed by atoms with E-state index in [-0.39, 0.29) is 6.04 Å². The number of aliphatic hydroxyl groups is 1. The second kappa shape index (κ2) is 7.13. The molecule has 0 spiro atoms. The van der Waals surface area contributed by atoms with Crippen LogP contribution in [0, 0.1) is 0 Å². The van der Waals surface area contributed by atoms with Crippen molar-refractivity contribution in [1.29, 1.82) is 0 Å².